The van der Waals surface area contributed by atoms with E-state index >= 15 is 0 Å². The minimum absolute atomic E-state index is 0.0803. The van der Waals surface area contributed by atoms with E-state index in [4.69, 9.17) is 9.47 Å². The molecule has 28 heavy (non-hydrogen) atoms. The molecular weight excluding hydrogens is 368 g/mol. The number of fused-ring (bicyclic) bond motifs is 1. The van der Waals surface area contributed by atoms with Gasteiger partial charge >= 0.3 is 23.0 Å². The van der Waals surface area contributed by atoms with Gasteiger partial charge < -0.3 is 28.8 Å². The van der Waals surface area contributed by atoms with Crippen LogP contribution in [0.4, 0.5) is 11.4 Å². The Bertz CT molecular complexity index is 1050. The van der Waals surface area contributed by atoms with Crippen LogP contribution in [-0.2, 0) is 33.2 Å². The number of nitrogens with zero attached hydrogens (tertiary/aromatic N) is 3. The van der Waals surface area contributed by atoms with Gasteiger partial charge in [0.15, 0.2) is 0 Å². The number of esters is 1. The van der Waals surface area contributed by atoms with Crippen molar-refractivity contribution in [2.75, 3.05) is 43.1 Å². The van der Waals surface area contributed by atoms with E-state index in [1.807, 2.05) is 4.90 Å². The van der Waals surface area contributed by atoms with Gasteiger partial charge in [-0.15, -0.1) is 0 Å². The Labute approximate surface area is 160 Å². The predicted molar refractivity (Wildman–Crippen MR) is 103 cm³/mol. The highest BCUT2D eigenvalue weighted by atomic mass is 16.5. The Balaban J connectivity index is 2.18. The van der Waals surface area contributed by atoms with E-state index in [9.17, 15) is 19.2 Å². The second kappa shape index (κ2) is 7.85. The molecule has 1 N–H and O–H groups in total. The van der Waals surface area contributed by atoms with Crippen molar-refractivity contribution in [2.45, 2.75) is 6.92 Å². The third-order valence-corrected chi connectivity index (χ3v) is 4.67. The maximum Gasteiger partial charge on any atom is 0.397 e. The zero-order valence-electron chi connectivity index (χ0n) is 16.0. The SMILES string of the molecule is CCOC(=O)C(=O)Nc1cc2c(cc1N1CCOCC1)n(C)c(=O)c(=O)n2C. The van der Waals surface area contributed by atoms with Crippen LogP contribution in [-0.4, -0.2) is 53.9 Å². The fraction of sp³-hybridized carbons (Fsp3) is 0.444. The Morgan fingerprint density at radius 1 is 1.07 bits per heavy atom. The summed E-state index contributed by atoms with van der Waals surface area (Å²) in [5.41, 5.74) is 0.622. The molecule has 1 aliphatic rings. The van der Waals surface area contributed by atoms with E-state index in [0.717, 1.165) is 0 Å². The van der Waals surface area contributed by atoms with Gasteiger partial charge in [-0.3, -0.25) is 14.4 Å². The molecule has 2 heterocycles. The van der Waals surface area contributed by atoms with Crippen molar-refractivity contribution in [1.29, 1.82) is 0 Å². The molecule has 0 saturated carbocycles. The molecule has 0 aliphatic carbocycles. The lowest BCUT2D eigenvalue weighted by molar-refractivity contribution is -0.152. The second-order valence-electron chi connectivity index (χ2n) is 6.36. The molecule has 0 unspecified atom stereocenters. The van der Waals surface area contributed by atoms with Crippen LogP contribution in [0.2, 0.25) is 0 Å². The molecule has 0 atom stereocenters. The summed E-state index contributed by atoms with van der Waals surface area (Å²) in [6.07, 6.45) is 0. The molecule has 0 spiro atoms. The Kier molecular flexibility index (Phi) is 5.50. The summed E-state index contributed by atoms with van der Waals surface area (Å²) in [6.45, 7) is 3.86. The highest BCUT2D eigenvalue weighted by Gasteiger charge is 2.22. The van der Waals surface area contributed by atoms with Gasteiger partial charge in [0, 0.05) is 27.2 Å². The third kappa shape index (κ3) is 3.50. The zero-order chi connectivity index (χ0) is 20.4. The molecule has 10 heteroatoms. The summed E-state index contributed by atoms with van der Waals surface area (Å²) in [5.74, 6) is -1.91. The van der Waals surface area contributed by atoms with Crippen molar-refractivity contribution in [3.8, 4) is 0 Å². The number of morpholine rings is 1. The first-order chi connectivity index (χ1) is 13.3. The average molecular weight is 390 g/mol. The van der Waals surface area contributed by atoms with Gasteiger partial charge in [-0.05, 0) is 19.1 Å². The topological polar surface area (TPSA) is 112 Å². The first kappa shape index (κ1) is 19.6. The minimum atomic E-state index is -0.995. The maximum absolute atomic E-state index is 12.2. The number of hydrogen-bond acceptors (Lipinski definition) is 7. The summed E-state index contributed by atoms with van der Waals surface area (Å²) in [6, 6.07) is 3.31. The van der Waals surface area contributed by atoms with Crippen LogP contribution in [0.3, 0.4) is 0 Å². The van der Waals surface area contributed by atoms with E-state index in [0.29, 0.717) is 48.7 Å². The Morgan fingerprint density at radius 3 is 2.21 bits per heavy atom. The summed E-state index contributed by atoms with van der Waals surface area (Å²) < 4.78 is 12.6. The highest BCUT2D eigenvalue weighted by Crippen LogP contribution is 2.31. The Hall–Kier alpha value is -3.14. The second-order valence-corrected chi connectivity index (χ2v) is 6.36. The lowest BCUT2D eigenvalue weighted by Crippen LogP contribution is -2.40. The highest BCUT2D eigenvalue weighted by molar-refractivity contribution is 6.37. The molecule has 1 saturated heterocycles. The van der Waals surface area contributed by atoms with Crippen LogP contribution < -0.4 is 21.3 Å². The number of carbonyl (C=O) groups is 2. The first-order valence-corrected chi connectivity index (χ1v) is 8.89. The summed E-state index contributed by atoms with van der Waals surface area (Å²) in [4.78, 5) is 50.3. The van der Waals surface area contributed by atoms with Gasteiger partial charge in [-0.1, -0.05) is 0 Å². The zero-order valence-corrected chi connectivity index (χ0v) is 16.0. The van der Waals surface area contributed by atoms with Crippen molar-refractivity contribution in [3.05, 3.63) is 32.8 Å². The number of anilines is 2. The number of amides is 1. The molecule has 0 bridgehead atoms. The van der Waals surface area contributed by atoms with E-state index in [1.54, 1.807) is 19.1 Å². The third-order valence-electron chi connectivity index (χ3n) is 4.67. The van der Waals surface area contributed by atoms with Gasteiger partial charge in [0.25, 0.3) is 0 Å². The van der Waals surface area contributed by atoms with Crippen LogP contribution in [0, 0.1) is 0 Å². The molecule has 150 valence electrons. The molecule has 1 aromatic carbocycles. The number of hydrogen-bond donors (Lipinski definition) is 1. The van der Waals surface area contributed by atoms with Gasteiger partial charge in [0.1, 0.15) is 0 Å². The van der Waals surface area contributed by atoms with Crippen LogP contribution >= 0.6 is 0 Å². The van der Waals surface area contributed by atoms with Crippen molar-refractivity contribution in [2.24, 2.45) is 14.1 Å². The lowest BCUT2D eigenvalue weighted by Gasteiger charge is -2.31. The van der Waals surface area contributed by atoms with E-state index in [1.165, 1.54) is 23.2 Å². The number of aryl methyl sites for hydroxylation is 2. The minimum Gasteiger partial charge on any atom is -0.459 e. The first-order valence-electron chi connectivity index (χ1n) is 8.89. The molecule has 0 radical (unpaired) electrons. The lowest BCUT2D eigenvalue weighted by atomic mass is 10.1. The standard InChI is InChI=1S/C18H22N4O6/c1-4-28-18(26)15(23)19-11-9-13-14(21(3)17(25)16(24)20(13)2)10-12(11)22-5-7-27-8-6-22/h9-10H,4-8H2,1-3H3,(H,19,23). The number of benzene rings is 1. The fourth-order valence-corrected chi connectivity index (χ4v) is 3.14. The van der Waals surface area contributed by atoms with E-state index < -0.39 is 23.0 Å². The summed E-state index contributed by atoms with van der Waals surface area (Å²) >= 11 is 0. The van der Waals surface area contributed by atoms with E-state index in [2.05, 4.69) is 5.32 Å². The van der Waals surface area contributed by atoms with Crippen LogP contribution in [0.1, 0.15) is 6.92 Å². The molecule has 3 rings (SSSR count). The van der Waals surface area contributed by atoms with Crippen LogP contribution in [0.5, 0.6) is 0 Å². The quantitative estimate of drug-likeness (QED) is 0.559. The predicted octanol–water partition coefficient (Wildman–Crippen LogP) is -0.425. The van der Waals surface area contributed by atoms with Gasteiger partial charge in [-0.2, -0.15) is 0 Å². The largest absolute Gasteiger partial charge is 0.459 e. The van der Waals surface area contributed by atoms with E-state index in [-0.39, 0.29) is 6.61 Å². The number of ether oxygens (including phenoxy) is 2. The molecule has 1 aromatic heterocycles. The smallest absolute Gasteiger partial charge is 0.397 e. The molecule has 1 fully saturated rings. The molecular formula is C18H22N4O6. The van der Waals surface area contributed by atoms with Crippen molar-refractivity contribution >= 4 is 34.3 Å². The van der Waals surface area contributed by atoms with Crippen LogP contribution in [0.25, 0.3) is 11.0 Å². The average Bonchev–Trinajstić information content (AvgIpc) is 2.71. The van der Waals surface area contributed by atoms with Gasteiger partial charge in [-0.25, -0.2) is 4.79 Å². The summed E-state index contributed by atoms with van der Waals surface area (Å²) in [5, 5.41) is 2.57. The molecule has 2 aromatic rings. The molecule has 1 amide bonds. The number of rotatable bonds is 3. The summed E-state index contributed by atoms with van der Waals surface area (Å²) in [7, 11) is 3.00. The van der Waals surface area contributed by atoms with Crippen LogP contribution in [0.15, 0.2) is 21.7 Å². The fourth-order valence-electron chi connectivity index (χ4n) is 3.14. The van der Waals surface area contributed by atoms with Crippen molar-refractivity contribution < 1.29 is 19.1 Å². The maximum atomic E-state index is 12.2. The normalized spacial score (nSPS) is 14.2. The number of carbonyl (C=O) groups excluding carboxylic acids is 2. The van der Waals surface area contributed by atoms with Gasteiger partial charge in [0.2, 0.25) is 0 Å². The number of nitrogens with one attached hydrogen (secondary N) is 1. The van der Waals surface area contributed by atoms with Crippen molar-refractivity contribution in [3.63, 3.8) is 0 Å². The monoisotopic (exact) mass is 390 g/mol. The Morgan fingerprint density at radius 2 is 1.64 bits per heavy atom. The molecule has 10 nitrogen and oxygen atoms in total. The van der Waals surface area contributed by atoms with Crippen molar-refractivity contribution in [1.82, 2.24) is 9.13 Å². The molecule has 1 aliphatic heterocycles. The number of aromatic nitrogens is 2. The van der Waals surface area contributed by atoms with Gasteiger partial charge in [0.05, 0.1) is 42.2 Å².